The monoisotopic (exact) mass is 396 g/mol. The van der Waals surface area contributed by atoms with Gasteiger partial charge in [-0.25, -0.2) is 8.78 Å². The van der Waals surface area contributed by atoms with Crippen molar-refractivity contribution in [3.8, 4) is 0 Å². The van der Waals surface area contributed by atoms with Crippen LogP contribution in [0.4, 0.5) is 8.78 Å². The van der Waals surface area contributed by atoms with Crippen molar-refractivity contribution in [3.63, 3.8) is 0 Å². The predicted octanol–water partition coefficient (Wildman–Crippen LogP) is 6.78. The van der Waals surface area contributed by atoms with Crippen LogP contribution in [-0.4, -0.2) is 17.0 Å². The van der Waals surface area contributed by atoms with Gasteiger partial charge in [0, 0.05) is 19.3 Å². The second-order valence-corrected chi connectivity index (χ2v) is 11.4. The van der Waals surface area contributed by atoms with Crippen LogP contribution in [0.1, 0.15) is 91.4 Å². The molecular formula is C24H38F2O2. The molecule has 0 radical (unpaired) electrons. The second kappa shape index (κ2) is 6.94. The van der Waals surface area contributed by atoms with Gasteiger partial charge < -0.3 is 5.11 Å². The molecule has 1 N–H and O–H groups in total. The molecule has 2 nitrogen and oxygen atoms in total. The Morgan fingerprint density at radius 2 is 1.71 bits per heavy atom. The average Bonchev–Trinajstić information content (AvgIpc) is 2.97. The lowest BCUT2D eigenvalue weighted by Gasteiger charge is -2.61. The SMILES string of the molecule is C[C@H](CCC(=O)O)[C@H]1CC[C@H]2[C@@H]3CCC4CC(F)(F)CC[C@]4(C)[C@H]3CC[C@]12C. The smallest absolute Gasteiger partial charge is 0.303 e. The van der Waals surface area contributed by atoms with Crippen molar-refractivity contribution in [1.82, 2.24) is 0 Å². The molecule has 28 heavy (non-hydrogen) atoms. The number of hydrogen-bond donors (Lipinski definition) is 1. The molecule has 0 aliphatic heterocycles. The summed E-state index contributed by atoms with van der Waals surface area (Å²) in [4.78, 5) is 11.0. The van der Waals surface area contributed by atoms with Crippen LogP contribution in [0.25, 0.3) is 0 Å². The van der Waals surface area contributed by atoms with E-state index in [-0.39, 0.29) is 30.6 Å². The number of fused-ring (bicyclic) bond motifs is 5. The maximum absolute atomic E-state index is 14.1. The summed E-state index contributed by atoms with van der Waals surface area (Å²) >= 11 is 0. The van der Waals surface area contributed by atoms with Gasteiger partial charge in [0.15, 0.2) is 0 Å². The summed E-state index contributed by atoms with van der Waals surface area (Å²) in [6, 6.07) is 0. The van der Waals surface area contributed by atoms with Crippen molar-refractivity contribution in [2.75, 3.05) is 0 Å². The lowest BCUT2D eigenvalue weighted by molar-refractivity contribution is -0.164. The minimum Gasteiger partial charge on any atom is -0.481 e. The topological polar surface area (TPSA) is 37.3 Å². The van der Waals surface area contributed by atoms with Crippen molar-refractivity contribution < 1.29 is 18.7 Å². The maximum atomic E-state index is 14.1. The third kappa shape index (κ3) is 3.21. The molecular weight excluding hydrogens is 358 g/mol. The van der Waals surface area contributed by atoms with Crippen LogP contribution in [0.5, 0.6) is 0 Å². The van der Waals surface area contributed by atoms with Gasteiger partial charge in [-0.2, -0.15) is 0 Å². The number of carboxylic acid groups (broad SMARTS) is 1. The Morgan fingerprint density at radius 1 is 1.00 bits per heavy atom. The van der Waals surface area contributed by atoms with Gasteiger partial charge >= 0.3 is 5.97 Å². The van der Waals surface area contributed by atoms with Crippen LogP contribution in [0.15, 0.2) is 0 Å². The van der Waals surface area contributed by atoms with E-state index in [1.165, 1.54) is 25.7 Å². The number of hydrogen-bond acceptors (Lipinski definition) is 1. The highest BCUT2D eigenvalue weighted by Gasteiger charge is 2.62. The van der Waals surface area contributed by atoms with Crippen molar-refractivity contribution in [2.24, 2.45) is 46.3 Å². The minimum atomic E-state index is -2.45. The highest BCUT2D eigenvalue weighted by Crippen LogP contribution is 2.69. The Morgan fingerprint density at radius 3 is 2.43 bits per heavy atom. The molecule has 1 unspecified atom stereocenters. The maximum Gasteiger partial charge on any atom is 0.303 e. The molecule has 4 fully saturated rings. The minimum absolute atomic E-state index is 0.0833. The van der Waals surface area contributed by atoms with E-state index in [0.29, 0.717) is 41.4 Å². The summed E-state index contributed by atoms with van der Waals surface area (Å²) in [6.07, 6.45) is 8.97. The number of aliphatic carboxylic acids is 1. The number of alkyl halides is 2. The van der Waals surface area contributed by atoms with E-state index in [2.05, 4.69) is 20.8 Å². The molecule has 0 bridgehead atoms. The third-order valence-electron chi connectivity index (χ3n) is 10.2. The summed E-state index contributed by atoms with van der Waals surface area (Å²) in [5, 5.41) is 9.08. The Kier molecular flexibility index (Phi) is 5.11. The predicted molar refractivity (Wildman–Crippen MR) is 106 cm³/mol. The highest BCUT2D eigenvalue weighted by atomic mass is 19.3. The standard InChI is InChI=1S/C24H38F2O2/c1-15(4-9-21(27)28)18-7-8-19-17-6-5-16-14-24(25,26)13-12-22(16,2)20(17)10-11-23(18,19)3/h15-20H,4-14H2,1-3H3,(H,27,28)/t15-,16?,17+,18-,19+,20+,22+,23-/m1/s1. The summed E-state index contributed by atoms with van der Waals surface area (Å²) in [5.74, 6) is 0.185. The van der Waals surface area contributed by atoms with E-state index in [1.807, 2.05) is 0 Å². The molecule has 0 aromatic rings. The van der Waals surface area contributed by atoms with E-state index in [0.717, 1.165) is 19.3 Å². The number of carboxylic acids is 1. The van der Waals surface area contributed by atoms with Crippen molar-refractivity contribution >= 4 is 5.97 Å². The summed E-state index contributed by atoms with van der Waals surface area (Å²) in [7, 11) is 0. The van der Waals surface area contributed by atoms with E-state index in [9.17, 15) is 13.6 Å². The number of carbonyl (C=O) groups is 1. The van der Waals surface area contributed by atoms with Crippen LogP contribution < -0.4 is 0 Å². The van der Waals surface area contributed by atoms with Gasteiger partial charge in [0.1, 0.15) is 0 Å². The first-order valence-corrected chi connectivity index (χ1v) is 11.7. The van der Waals surface area contributed by atoms with Crippen LogP contribution in [-0.2, 0) is 4.79 Å². The molecule has 4 aliphatic carbocycles. The van der Waals surface area contributed by atoms with Crippen LogP contribution >= 0.6 is 0 Å². The van der Waals surface area contributed by atoms with Crippen LogP contribution in [0.2, 0.25) is 0 Å². The van der Waals surface area contributed by atoms with Gasteiger partial charge in [-0.1, -0.05) is 20.8 Å². The fourth-order valence-corrected chi connectivity index (χ4v) is 8.70. The number of rotatable bonds is 4. The van der Waals surface area contributed by atoms with E-state index in [1.54, 1.807) is 0 Å². The molecule has 8 atom stereocenters. The fourth-order valence-electron chi connectivity index (χ4n) is 8.70. The first-order valence-electron chi connectivity index (χ1n) is 11.7. The molecule has 0 saturated heterocycles. The molecule has 4 saturated carbocycles. The van der Waals surface area contributed by atoms with Crippen molar-refractivity contribution in [1.29, 1.82) is 0 Å². The van der Waals surface area contributed by atoms with Crippen LogP contribution in [0, 0.1) is 46.3 Å². The van der Waals surface area contributed by atoms with Crippen LogP contribution in [0.3, 0.4) is 0 Å². The molecule has 160 valence electrons. The van der Waals surface area contributed by atoms with Gasteiger partial charge in [0.05, 0.1) is 0 Å². The molecule has 4 heteroatoms. The van der Waals surface area contributed by atoms with E-state index >= 15 is 0 Å². The normalized spacial score (nSPS) is 48.2. The quantitative estimate of drug-likeness (QED) is 0.568. The Bertz CT molecular complexity index is 620. The summed E-state index contributed by atoms with van der Waals surface area (Å²) in [5.41, 5.74) is 0.430. The van der Waals surface area contributed by atoms with Gasteiger partial charge in [-0.3, -0.25) is 4.79 Å². The van der Waals surface area contributed by atoms with Crippen molar-refractivity contribution in [3.05, 3.63) is 0 Å². The lowest BCUT2D eigenvalue weighted by Crippen LogP contribution is -2.55. The largest absolute Gasteiger partial charge is 0.481 e. The Labute approximate surface area is 168 Å². The van der Waals surface area contributed by atoms with Crippen molar-refractivity contribution in [2.45, 2.75) is 97.3 Å². The number of halogens is 2. The van der Waals surface area contributed by atoms with Gasteiger partial charge in [-0.05, 0) is 97.7 Å². The molecule has 0 aromatic carbocycles. The van der Waals surface area contributed by atoms with Gasteiger partial charge in [0.25, 0.3) is 0 Å². The molecule has 4 aliphatic rings. The van der Waals surface area contributed by atoms with Gasteiger partial charge in [0.2, 0.25) is 5.92 Å². The fraction of sp³-hybridized carbons (Fsp3) is 0.958. The Balaban J connectivity index is 1.51. The first-order chi connectivity index (χ1) is 13.1. The Hall–Kier alpha value is -0.670. The lowest BCUT2D eigenvalue weighted by atomic mass is 9.44. The average molecular weight is 397 g/mol. The zero-order valence-corrected chi connectivity index (χ0v) is 17.9. The van der Waals surface area contributed by atoms with E-state index in [4.69, 9.17) is 5.11 Å². The highest BCUT2D eigenvalue weighted by molar-refractivity contribution is 5.66. The van der Waals surface area contributed by atoms with E-state index < -0.39 is 11.9 Å². The molecule has 0 aromatic heterocycles. The zero-order valence-electron chi connectivity index (χ0n) is 17.9. The summed E-state index contributed by atoms with van der Waals surface area (Å²) in [6.45, 7) is 7.08. The molecule has 4 rings (SSSR count). The third-order valence-corrected chi connectivity index (χ3v) is 10.2. The van der Waals surface area contributed by atoms with Gasteiger partial charge in [-0.15, -0.1) is 0 Å². The molecule has 0 heterocycles. The second-order valence-electron chi connectivity index (χ2n) is 11.4. The first kappa shape index (κ1) is 20.6. The molecule has 0 spiro atoms. The zero-order chi connectivity index (χ0) is 20.3. The molecule has 0 amide bonds. The summed E-state index contributed by atoms with van der Waals surface area (Å²) < 4.78 is 28.1.